The number of hydrogen-bond donors (Lipinski definition) is 2. The molecule has 0 saturated carbocycles. The van der Waals surface area contributed by atoms with Gasteiger partial charge < -0.3 is 29.7 Å². The molecule has 0 spiro atoms. The highest BCUT2D eigenvalue weighted by Gasteiger charge is 2.35. The summed E-state index contributed by atoms with van der Waals surface area (Å²) in [4.78, 5) is 63.5. The van der Waals surface area contributed by atoms with Crippen molar-refractivity contribution in [1.82, 2.24) is 30.1 Å². The number of ether oxygens (including phenoxy) is 1. The lowest BCUT2D eigenvalue weighted by atomic mass is 10.0. The number of amides is 4. The number of nitrogens with one attached hydrogen (secondary N) is 2. The second-order valence-corrected chi connectivity index (χ2v) is 15.4. The van der Waals surface area contributed by atoms with Crippen molar-refractivity contribution in [3.05, 3.63) is 83.1 Å². The number of carbonyl (C=O) groups excluding carboxylic acids is 3. The van der Waals surface area contributed by atoms with E-state index in [-0.39, 0.29) is 24.3 Å². The first-order chi connectivity index (χ1) is 27.7. The van der Waals surface area contributed by atoms with Gasteiger partial charge in [-0.15, -0.1) is 0 Å². The van der Waals surface area contributed by atoms with E-state index >= 15 is 4.39 Å². The number of hydrogen-bond acceptors (Lipinski definition) is 12. The van der Waals surface area contributed by atoms with Crippen LogP contribution in [0.3, 0.4) is 0 Å². The third-order valence-corrected chi connectivity index (χ3v) is 11.9. The molecule has 7 heterocycles. The summed E-state index contributed by atoms with van der Waals surface area (Å²) < 4.78 is 21.2. The van der Waals surface area contributed by atoms with E-state index in [4.69, 9.17) is 9.72 Å². The zero-order valence-corrected chi connectivity index (χ0v) is 32.2. The summed E-state index contributed by atoms with van der Waals surface area (Å²) in [6, 6.07) is 12.7. The molecule has 0 radical (unpaired) electrons. The Kier molecular flexibility index (Phi) is 9.72. The van der Waals surface area contributed by atoms with Gasteiger partial charge in [0.05, 0.1) is 37.1 Å². The molecule has 2 N–H and O–H groups in total. The quantitative estimate of drug-likeness (QED) is 0.271. The summed E-state index contributed by atoms with van der Waals surface area (Å²) in [5.41, 5.74) is 7.93. The second-order valence-electron chi connectivity index (χ2n) is 15.4. The lowest BCUT2D eigenvalue weighted by Gasteiger charge is -2.49. The van der Waals surface area contributed by atoms with Crippen molar-refractivity contribution in [3.8, 4) is 5.88 Å². The van der Waals surface area contributed by atoms with Gasteiger partial charge in [-0.25, -0.2) is 24.1 Å². The number of imide groups is 1. The van der Waals surface area contributed by atoms with Crippen molar-refractivity contribution in [2.75, 3.05) is 97.5 Å². The van der Waals surface area contributed by atoms with E-state index in [1.54, 1.807) is 17.0 Å². The number of rotatable bonds is 8. The highest BCUT2D eigenvalue weighted by atomic mass is 19.1. The average Bonchev–Trinajstić information content (AvgIpc) is 3.19. The molecule has 0 atom stereocenters. The Bertz CT molecular complexity index is 2210. The molecule has 5 aliphatic rings. The summed E-state index contributed by atoms with van der Waals surface area (Å²) >= 11 is 0. The highest BCUT2D eigenvalue weighted by Crippen LogP contribution is 2.38. The van der Waals surface area contributed by atoms with Gasteiger partial charge in [-0.3, -0.25) is 24.7 Å². The Hall–Kier alpha value is -6.03. The molecule has 3 fully saturated rings. The number of piperazine rings is 1. The summed E-state index contributed by atoms with van der Waals surface area (Å²) in [7, 11) is 2.06. The van der Waals surface area contributed by atoms with Crippen LogP contribution in [0.4, 0.5) is 43.6 Å². The molecule has 57 heavy (non-hydrogen) atoms. The molecule has 0 bridgehead atoms. The third-order valence-electron chi connectivity index (χ3n) is 11.9. The molecule has 0 unspecified atom stereocenters. The number of nitrogens with zero attached hydrogens (tertiary/aromatic N) is 9. The molecule has 15 nitrogen and oxygen atoms in total. The number of pyridine rings is 1. The zero-order valence-electron chi connectivity index (χ0n) is 32.2. The van der Waals surface area contributed by atoms with Crippen LogP contribution >= 0.6 is 0 Å². The van der Waals surface area contributed by atoms with E-state index in [9.17, 15) is 14.4 Å². The maximum Gasteiger partial charge on any atom is 0.328 e. The predicted octanol–water partition coefficient (Wildman–Crippen LogP) is 3.48. The second kappa shape index (κ2) is 15.1. The number of anilines is 6. The van der Waals surface area contributed by atoms with E-state index in [0.717, 1.165) is 85.3 Å². The first-order valence-corrected chi connectivity index (χ1v) is 19.6. The average molecular weight is 776 g/mol. The number of aromatic nitrogens is 3. The van der Waals surface area contributed by atoms with Gasteiger partial charge in [-0.2, -0.15) is 0 Å². The Morgan fingerprint density at radius 3 is 2.49 bits per heavy atom. The summed E-state index contributed by atoms with van der Waals surface area (Å²) in [5.74, 6) is 0.286. The highest BCUT2D eigenvalue weighted by molar-refractivity contribution is 6.05. The van der Waals surface area contributed by atoms with Crippen LogP contribution in [0.25, 0.3) is 0 Å². The maximum atomic E-state index is 15.4. The van der Waals surface area contributed by atoms with Crippen molar-refractivity contribution in [2.45, 2.75) is 38.8 Å². The molecule has 3 saturated heterocycles. The molecule has 5 aliphatic heterocycles. The minimum atomic E-state index is -0.447. The van der Waals surface area contributed by atoms with Crippen LogP contribution in [0.5, 0.6) is 5.88 Å². The fraction of sp³-hybridized carbons (Fsp3) is 0.415. The minimum absolute atomic E-state index is 0.00122. The molecule has 4 amide bonds. The van der Waals surface area contributed by atoms with Gasteiger partial charge in [0, 0.05) is 101 Å². The van der Waals surface area contributed by atoms with E-state index in [2.05, 4.69) is 54.2 Å². The number of halogens is 1. The van der Waals surface area contributed by atoms with Crippen molar-refractivity contribution >= 4 is 52.2 Å². The lowest BCUT2D eigenvalue weighted by molar-refractivity contribution is -0.132. The van der Waals surface area contributed by atoms with Crippen LogP contribution in [0.1, 0.15) is 28.8 Å². The molecule has 296 valence electrons. The van der Waals surface area contributed by atoms with Crippen molar-refractivity contribution in [3.63, 3.8) is 0 Å². The molecular formula is C41H46FN11O4. The topological polar surface area (TPSA) is 143 Å². The van der Waals surface area contributed by atoms with Crippen molar-refractivity contribution in [2.24, 2.45) is 0 Å². The van der Waals surface area contributed by atoms with Crippen molar-refractivity contribution < 1.29 is 23.5 Å². The molecule has 0 aliphatic carbocycles. The van der Waals surface area contributed by atoms with Crippen LogP contribution < -0.4 is 35.0 Å². The largest absolute Gasteiger partial charge is 0.474 e. The summed E-state index contributed by atoms with van der Waals surface area (Å²) in [5, 5.41) is 5.52. The van der Waals surface area contributed by atoms with Crippen LogP contribution in [-0.2, 0) is 29.0 Å². The van der Waals surface area contributed by atoms with Gasteiger partial charge in [-0.05, 0) is 60.9 Å². The third kappa shape index (κ3) is 7.36. The Balaban J connectivity index is 0.750. The van der Waals surface area contributed by atoms with Gasteiger partial charge in [0.1, 0.15) is 18.1 Å². The fourth-order valence-corrected chi connectivity index (χ4v) is 8.45. The zero-order chi connectivity index (χ0) is 39.2. The maximum absolute atomic E-state index is 15.4. The van der Waals surface area contributed by atoms with E-state index in [1.807, 2.05) is 41.6 Å². The fourth-order valence-electron chi connectivity index (χ4n) is 8.45. The molecule has 2 aromatic carbocycles. The number of fused-ring (bicyclic) bond motifs is 2. The minimum Gasteiger partial charge on any atom is -0.474 e. The van der Waals surface area contributed by atoms with Gasteiger partial charge in [0.15, 0.2) is 0 Å². The molecule has 2 aromatic heterocycles. The van der Waals surface area contributed by atoms with Crippen LogP contribution in [-0.4, -0.2) is 121 Å². The molecule has 16 heteroatoms. The van der Waals surface area contributed by atoms with E-state index in [0.29, 0.717) is 68.3 Å². The number of carbonyl (C=O) groups is 3. The van der Waals surface area contributed by atoms with E-state index in [1.165, 1.54) is 6.07 Å². The Morgan fingerprint density at radius 2 is 1.72 bits per heavy atom. The number of benzene rings is 2. The van der Waals surface area contributed by atoms with Gasteiger partial charge in [0.25, 0.3) is 0 Å². The molecular weight excluding hydrogens is 730 g/mol. The van der Waals surface area contributed by atoms with Crippen molar-refractivity contribution in [1.29, 1.82) is 0 Å². The predicted molar refractivity (Wildman–Crippen MR) is 214 cm³/mol. The first-order valence-electron chi connectivity index (χ1n) is 19.6. The monoisotopic (exact) mass is 775 g/mol. The number of likely N-dealkylation sites (N-methyl/N-ethyl adjacent to an activating group) is 1. The molecule has 9 rings (SSSR count). The van der Waals surface area contributed by atoms with Gasteiger partial charge >= 0.3 is 6.03 Å². The Morgan fingerprint density at radius 1 is 0.930 bits per heavy atom. The van der Waals surface area contributed by atoms with Gasteiger partial charge in [0.2, 0.25) is 23.6 Å². The number of urea groups is 1. The Labute approximate surface area is 330 Å². The lowest BCUT2D eigenvalue weighted by Crippen LogP contribution is -2.63. The SMILES string of the molecule is Cc1c(N2CCc3cnc(Nc4ccc(CC(=O)N5CCN(C6CN(c7ccc(N8CCC(=O)NC8=O)cc7)C6)CC5)c(F)c4)nc3C2)cnc2c1N(C)CCO2. The van der Waals surface area contributed by atoms with E-state index < -0.39 is 5.82 Å². The smallest absolute Gasteiger partial charge is 0.328 e. The standard InChI is InChI=1S/C41H46FN11O4/c1-26-35(22-43-39-38(26)48(2)17-18-57-39)51-11-9-28-21-44-40(46-34(28)25-51)45-29-4-3-27(33(42)20-29)19-37(55)50-15-13-49(14-16-50)32-23-52(24-32)30-5-7-31(8-6-30)53-12-10-36(54)47-41(53)56/h3-8,20-22,32H,9-19,23-25H2,1-2H3,(H,44,45,46)(H,47,54,56). The normalized spacial score (nSPS) is 18.8. The molecule has 4 aromatic rings. The summed E-state index contributed by atoms with van der Waals surface area (Å²) in [6.45, 7) is 9.86. The van der Waals surface area contributed by atoms with Crippen LogP contribution in [0.2, 0.25) is 0 Å². The first kappa shape index (κ1) is 36.6. The summed E-state index contributed by atoms with van der Waals surface area (Å²) in [6.07, 6.45) is 4.82. The van der Waals surface area contributed by atoms with Gasteiger partial charge in [-0.1, -0.05) is 6.07 Å². The van der Waals surface area contributed by atoms with Crippen LogP contribution in [0, 0.1) is 12.7 Å². The van der Waals surface area contributed by atoms with Crippen LogP contribution in [0.15, 0.2) is 54.9 Å².